The molecule has 0 amide bonds. The first kappa shape index (κ1) is 16.1. The number of rotatable bonds is 4. The van der Waals surface area contributed by atoms with Gasteiger partial charge in [-0.3, -0.25) is 9.59 Å². The Morgan fingerprint density at radius 3 is 2.50 bits per heavy atom. The Balaban J connectivity index is 2.71. The van der Waals surface area contributed by atoms with Crippen LogP contribution in [0.3, 0.4) is 0 Å². The fourth-order valence-corrected chi connectivity index (χ4v) is 2.41. The molecule has 116 valence electrons. The highest BCUT2D eigenvalue weighted by Crippen LogP contribution is 2.22. The minimum absolute atomic E-state index is 0.201. The molecule has 2 aromatic rings. The van der Waals surface area contributed by atoms with E-state index in [9.17, 15) is 9.59 Å². The van der Waals surface area contributed by atoms with Gasteiger partial charge in [-0.05, 0) is 44.4 Å². The van der Waals surface area contributed by atoms with E-state index in [-0.39, 0.29) is 22.8 Å². The Hall–Kier alpha value is -2.23. The van der Waals surface area contributed by atoms with Crippen molar-refractivity contribution in [2.24, 2.45) is 5.92 Å². The zero-order valence-corrected chi connectivity index (χ0v) is 13.8. The maximum Gasteiger partial charge on any atom is 0.277 e. The van der Waals surface area contributed by atoms with Gasteiger partial charge < -0.3 is 0 Å². The molecule has 2 rings (SSSR count). The number of ketones is 1. The predicted molar refractivity (Wildman–Crippen MR) is 88.2 cm³/mol. The van der Waals surface area contributed by atoms with Crippen LogP contribution in [0.15, 0.2) is 29.1 Å². The number of carbonyl (C=O) groups excluding carboxylic acids is 1. The van der Waals surface area contributed by atoms with Crippen LogP contribution >= 0.6 is 0 Å². The second kappa shape index (κ2) is 6.26. The molecule has 0 radical (unpaired) electrons. The van der Waals surface area contributed by atoms with E-state index in [1.165, 1.54) is 11.6 Å². The lowest BCUT2D eigenvalue weighted by atomic mass is 10.0. The predicted octanol–water partition coefficient (Wildman–Crippen LogP) is 3.39. The first-order valence-corrected chi connectivity index (χ1v) is 7.50. The van der Waals surface area contributed by atoms with Crippen molar-refractivity contribution in [1.29, 1.82) is 0 Å². The third-order valence-electron chi connectivity index (χ3n) is 3.56. The summed E-state index contributed by atoms with van der Waals surface area (Å²) in [4.78, 5) is 24.2. The van der Waals surface area contributed by atoms with Crippen LogP contribution < -0.4 is 5.56 Å². The van der Waals surface area contributed by atoms with E-state index in [0.717, 1.165) is 16.7 Å². The van der Waals surface area contributed by atoms with Gasteiger partial charge >= 0.3 is 0 Å². The van der Waals surface area contributed by atoms with Crippen LogP contribution in [0.5, 0.6) is 0 Å². The Labute approximate surface area is 130 Å². The molecule has 1 aromatic heterocycles. The van der Waals surface area contributed by atoms with E-state index < -0.39 is 0 Å². The summed E-state index contributed by atoms with van der Waals surface area (Å²) in [5.41, 5.74) is 3.71. The monoisotopic (exact) mass is 298 g/mol. The maximum absolute atomic E-state index is 12.4. The number of carbonyl (C=O) groups is 1. The second-order valence-electron chi connectivity index (χ2n) is 6.20. The lowest BCUT2D eigenvalue weighted by Crippen LogP contribution is -2.30. The van der Waals surface area contributed by atoms with Crippen molar-refractivity contribution in [1.82, 2.24) is 9.78 Å². The van der Waals surface area contributed by atoms with E-state index in [4.69, 9.17) is 0 Å². The van der Waals surface area contributed by atoms with Crippen LogP contribution in [0.4, 0.5) is 0 Å². The first-order valence-electron chi connectivity index (χ1n) is 7.50. The summed E-state index contributed by atoms with van der Waals surface area (Å²) in [5.74, 6) is 0.0512. The second-order valence-corrected chi connectivity index (χ2v) is 6.20. The average Bonchev–Trinajstić information content (AvgIpc) is 2.43. The zero-order chi connectivity index (χ0) is 16.4. The Bertz CT molecular complexity index is 773. The summed E-state index contributed by atoms with van der Waals surface area (Å²) < 4.78 is 1.42. The molecule has 1 aromatic carbocycles. The number of hydrogen-bond acceptors (Lipinski definition) is 3. The molecule has 4 nitrogen and oxygen atoms in total. The van der Waals surface area contributed by atoms with Crippen molar-refractivity contribution in [3.8, 4) is 11.3 Å². The molecule has 0 aliphatic heterocycles. The van der Waals surface area contributed by atoms with Crippen molar-refractivity contribution < 1.29 is 4.79 Å². The normalized spacial score (nSPS) is 11.0. The van der Waals surface area contributed by atoms with Gasteiger partial charge in [0.05, 0.1) is 11.3 Å². The summed E-state index contributed by atoms with van der Waals surface area (Å²) in [6.07, 6.45) is 0. The standard InChI is InChI=1S/C18H22N2O2/c1-11(2)10-20-18(22)16(14(5)21)9-17(19-20)15-8-12(3)6-7-13(15)4/h6-9,11H,10H2,1-5H3. The molecule has 0 N–H and O–H groups in total. The van der Waals surface area contributed by atoms with Gasteiger partial charge in [0.15, 0.2) is 5.78 Å². The molecule has 0 aliphatic rings. The van der Waals surface area contributed by atoms with Crippen molar-refractivity contribution in [3.05, 3.63) is 51.3 Å². The molecular formula is C18H22N2O2. The van der Waals surface area contributed by atoms with Gasteiger partial charge in [0.25, 0.3) is 5.56 Å². The number of aromatic nitrogens is 2. The van der Waals surface area contributed by atoms with Crippen LogP contribution in [0.2, 0.25) is 0 Å². The summed E-state index contributed by atoms with van der Waals surface area (Å²) in [7, 11) is 0. The quantitative estimate of drug-likeness (QED) is 0.813. The molecular weight excluding hydrogens is 276 g/mol. The highest BCUT2D eigenvalue weighted by molar-refractivity contribution is 5.94. The van der Waals surface area contributed by atoms with Gasteiger partial charge in [-0.2, -0.15) is 5.10 Å². The molecule has 0 atom stereocenters. The molecule has 0 unspecified atom stereocenters. The minimum atomic E-state index is -0.310. The molecule has 0 bridgehead atoms. The van der Waals surface area contributed by atoms with Gasteiger partial charge in [-0.25, -0.2) is 4.68 Å². The van der Waals surface area contributed by atoms with Gasteiger partial charge in [0.2, 0.25) is 0 Å². The largest absolute Gasteiger partial charge is 0.294 e. The molecule has 0 fully saturated rings. The third-order valence-corrected chi connectivity index (χ3v) is 3.56. The van der Waals surface area contributed by atoms with E-state index in [2.05, 4.69) is 5.10 Å². The molecule has 4 heteroatoms. The molecule has 0 aliphatic carbocycles. The zero-order valence-electron chi connectivity index (χ0n) is 13.8. The lowest BCUT2D eigenvalue weighted by Gasteiger charge is -2.13. The van der Waals surface area contributed by atoms with Crippen molar-refractivity contribution in [3.63, 3.8) is 0 Å². The summed E-state index contributed by atoms with van der Waals surface area (Å²) >= 11 is 0. The van der Waals surface area contributed by atoms with E-state index in [0.29, 0.717) is 12.2 Å². The molecule has 1 heterocycles. The topological polar surface area (TPSA) is 52.0 Å². The van der Waals surface area contributed by atoms with Crippen molar-refractivity contribution in [2.75, 3.05) is 0 Å². The van der Waals surface area contributed by atoms with Gasteiger partial charge in [-0.15, -0.1) is 0 Å². The summed E-state index contributed by atoms with van der Waals surface area (Å²) in [5, 5.41) is 4.48. The fraction of sp³-hybridized carbons (Fsp3) is 0.389. The highest BCUT2D eigenvalue weighted by atomic mass is 16.1. The van der Waals surface area contributed by atoms with Crippen LogP contribution in [0.25, 0.3) is 11.3 Å². The Morgan fingerprint density at radius 1 is 1.23 bits per heavy atom. The number of benzene rings is 1. The van der Waals surface area contributed by atoms with E-state index >= 15 is 0 Å². The van der Waals surface area contributed by atoms with Crippen LogP contribution in [-0.4, -0.2) is 15.6 Å². The van der Waals surface area contributed by atoms with Crippen LogP contribution in [0, 0.1) is 19.8 Å². The van der Waals surface area contributed by atoms with Crippen LogP contribution in [-0.2, 0) is 6.54 Å². The number of aryl methyl sites for hydroxylation is 2. The van der Waals surface area contributed by atoms with Crippen molar-refractivity contribution >= 4 is 5.78 Å². The summed E-state index contributed by atoms with van der Waals surface area (Å²) in [6, 6.07) is 7.71. The number of hydrogen-bond donors (Lipinski definition) is 0. The van der Waals surface area contributed by atoms with Gasteiger partial charge in [0, 0.05) is 12.1 Å². The Kier molecular flexibility index (Phi) is 4.59. The van der Waals surface area contributed by atoms with E-state index in [1.807, 2.05) is 45.9 Å². The highest BCUT2D eigenvalue weighted by Gasteiger charge is 2.15. The molecule has 0 saturated carbocycles. The van der Waals surface area contributed by atoms with Crippen molar-refractivity contribution in [2.45, 2.75) is 41.2 Å². The third kappa shape index (κ3) is 3.32. The van der Waals surface area contributed by atoms with Gasteiger partial charge in [0.1, 0.15) is 0 Å². The average molecular weight is 298 g/mol. The SMILES string of the molecule is CC(=O)c1cc(-c2cc(C)ccc2C)nn(CC(C)C)c1=O. The molecule has 0 saturated heterocycles. The fourth-order valence-electron chi connectivity index (χ4n) is 2.41. The molecule has 22 heavy (non-hydrogen) atoms. The van der Waals surface area contributed by atoms with Gasteiger partial charge in [-0.1, -0.05) is 31.5 Å². The summed E-state index contributed by atoms with van der Waals surface area (Å²) in [6.45, 7) is 9.97. The smallest absolute Gasteiger partial charge is 0.277 e. The molecule has 0 spiro atoms. The minimum Gasteiger partial charge on any atom is -0.294 e. The first-order chi connectivity index (χ1) is 10.3. The number of nitrogens with zero attached hydrogens (tertiary/aromatic N) is 2. The van der Waals surface area contributed by atoms with E-state index in [1.54, 1.807) is 6.07 Å². The lowest BCUT2D eigenvalue weighted by molar-refractivity contribution is 0.101. The Morgan fingerprint density at radius 2 is 1.91 bits per heavy atom. The maximum atomic E-state index is 12.4. The van der Waals surface area contributed by atoms with Crippen LogP contribution in [0.1, 0.15) is 42.3 Å². The number of Topliss-reactive ketones (excluding diaryl/α,β-unsaturated/α-hetero) is 1.